The number of benzene rings is 1. The van der Waals surface area contributed by atoms with Gasteiger partial charge in [-0.2, -0.15) is 0 Å². The highest BCUT2D eigenvalue weighted by atomic mass is 35.5. The number of rotatable bonds is 4. The predicted molar refractivity (Wildman–Crippen MR) is 75.5 cm³/mol. The van der Waals surface area contributed by atoms with Crippen LogP contribution in [0, 0.1) is 0 Å². The molecule has 2 rings (SSSR count). The van der Waals surface area contributed by atoms with Gasteiger partial charge in [0.2, 0.25) is 0 Å². The fourth-order valence-corrected chi connectivity index (χ4v) is 2.75. The zero-order valence-electron chi connectivity index (χ0n) is 11.7. The molecule has 0 saturated carbocycles. The Balaban J connectivity index is 2.31. The number of hydrogen-bond acceptors (Lipinski definition) is 7. The van der Waals surface area contributed by atoms with Gasteiger partial charge in [0.15, 0.2) is 0 Å². The molecule has 0 atom stereocenters. The van der Waals surface area contributed by atoms with Gasteiger partial charge in [-0.15, -0.1) is 35.2 Å². The Kier molecular flexibility index (Phi) is 4.80. The number of nitrogens with zero attached hydrogens (tertiary/aromatic N) is 4. The molecule has 23 heavy (non-hydrogen) atoms. The Morgan fingerprint density at radius 3 is 2.48 bits per heavy atom. The SMILES string of the molecule is CSc1c(OC(F)(F)F)ccc(C(=O)NC2(C)N=NN=N2)c1Cl. The molecule has 1 amide bonds. The van der Waals surface area contributed by atoms with E-state index >= 15 is 0 Å². The molecule has 0 saturated heterocycles. The van der Waals surface area contributed by atoms with E-state index in [1.807, 2.05) is 0 Å². The van der Waals surface area contributed by atoms with Gasteiger partial charge in [0.05, 0.1) is 15.5 Å². The lowest BCUT2D eigenvalue weighted by Gasteiger charge is -2.18. The summed E-state index contributed by atoms with van der Waals surface area (Å²) in [6.45, 7) is 1.44. The fraction of sp³-hybridized carbons (Fsp3) is 0.364. The van der Waals surface area contributed by atoms with Crippen LogP contribution in [0.15, 0.2) is 37.7 Å². The van der Waals surface area contributed by atoms with E-state index in [0.717, 1.165) is 23.9 Å². The minimum Gasteiger partial charge on any atom is -0.405 e. The van der Waals surface area contributed by atoms with E-state index in [-0.39, 0.29) is 15.5 Å². The average Bonchev–Trinajstić information content (AvgIpc) is 2.83. The van der Waals surface area contributed by atoms with Crippen molar-refractivity contribution in [2.45, 2.75) is 24.0 Å². The van der Waals surface area contributed by atoms with Crippen molar-refractivity contribution in [1.82, 2.24) is 5.32 Å². The molecule has 124 valence electrons. The third-order valence-electron chi connectivity index (χ3n) is 2.60. The molecule has 1 aliphatic rings. The second-order valence-corrected chi connectivity index (χ2v) is 5.55. The summed E-state index contributed by atoms with van der Waals surface area (Å²) >= 11 is 6.95. The van der Waals surface area contributed by atoms with Crippen LogP contribution in [-0.4, -0.2) is 24.3 Å². The van der Waals surface area contributed by atoms with Crippen molar-refractivity contribution in [1.29, 1.82) is 0 Å². The van der Waals surface area contributed by atoms with E-state index in [0.29, 0.717) is 0 Å². The molecule has 12 heteroatoms. The maximum atomic E-state index is 12.4. The van der Waals surface area contributed by atoms with Crippen molar-refractivity contribution < 1.29 is 22.7 Å². The summed E-state index contributed by atoms with van der Waals surface area (Å²) in [6.07, 6.45) is -3.36. The van der Waals surface area contributed by atoms with Crippen molar-refractivity contribution in [2.75, 3.05) is 6.26 Å². The molecular weight excluding hydrogens is 359 g/mol. The van der Waals surface area contributed by atoms with Gasteiger partial charge in [0, 0.05) is 6.92 Å². The van der Waals surface area contributed by atoms with Gasteiger partial charge >= 0.3 is 6.36 Å². The highest BCUT2D eigenvalue weighted by molar-refractivity contribution is 7.98. The van der Waals surface area contributed by atoms with Crippen LogP contribution in [0.25, 0.3) is 0 Å². The number of amides is 1. The molecule has 7 nitrogen and oxygen atoms in total. The first kappa shape index (κ1) is 17.5. The van der Waals surface area contributed by atoms with Crippen LogP contribution >= 0.6 is 23.4 Å². The van der Waals surface area contributed by atoms with Crippen LogP contribution in [0.2, 0.25) is 5.02 Å². The monoisotopic (exact) mass is 367 g/mol. The minimum absolute atomic E-state index is 0.0172. The molecule has 0 bridgehead atoms. The summed E-state index contributed by atoms with van der Waals surface area (Å²) in [4.78, 5) is 12.2. The molecule has 0 radical (unpaired) electrons. The maximum absolute atomic E-state index is 12.4. The summed E-state index contributed by atoms with van der Waals surface area (Å²) in [7, 11) is 0. The van der Waals surface area contributed by atoms with E-state index in [2.05, 4.69) is 30.7 Å². The second kappa shape index (κ2) is 6.32. The van der Waals surface area contributed by atoms with E-state index in [9.17, 15) is 18.0 Å². The van der Waals surface area contributed by atoms with Crippen molar-refractivity contribution in [3.05, 3.63) is 22.7 Å². The van der Waals surface area contributed by atoms with E-state index in [1.165, 1.54) is 13.2 Å². The average molecular weight is 368 g/mol. The number of carbonyl (C=O) groups is 1. The van der Waals surface area contributed by atoms with Gasteiger partial charge in [0.25, 0.3) is 11.7 Å². The number of ether oxygens (including phenoxy) is 1. The largest absolute Gasteiger partial charge is 0.573 e. The Hall–Kier alpha value is -1.88. The van der Waals surface area contributed by atoms with Crippen LogP contribution in [-0.2, 0) is 0 Å². The predicted octanol–water partition coefficient (Wildman–Crippen LogP) is 4.20. The Bertz CT molecular complexity index is 683. The third-order valence-corrected chi connectivity index (χ3v) is 3.92. The highest BCUT2D eigenvalue weighted by Gasteiger charge is 2.34. The molecule has 0 aliphatic carbocycles. The van der Waals surface area contributed by atoms with Gasteiger partial charge < -0.3 is 10.1 Å². The van der Waals surface area contributed by atoms with Crippen LogP contribution in [0.5, 0.6) is 5.75 Å². The number of hydrogen-bond donors (Lipinski definition) is 1. The quantitative estimate of drug-likeness (QED) is 0.809. The molecule has 1 aromatic rings. The molecule has 1 heterocycles. The van der Waals surface area contributed by atoms with Gasteiger partial charge in [-0.3, -0.25) is 4.79 Å². The lowest BCUT2D eigenvalue weighted by atomic mass is 10.2. The first-order valence-electron chi connectivity index (χ1n) is 5.94. The molecule has 1 aliphatic heterocycles. The summed E-state index contributed by atoms with van der Waals surface area (Å²) in [5.74, 6) is -2.55. The Morgan fingerprint density at radius 2 is 1.96 bits per heavy atom. The lowest BCUT2D eigenvalue weighted by molar-refractivity contribution is -0.275. The minimum atomic E-state index is -4.87. The van der Waals surface area contributed by atoms with E-state index in [4.69, 9.17) is 11.6 Å². The topological polar surface area (TPSA) is 87.8 Å². The zero-order valence-corrected chi connectivity index (χ0v) is 13.3. The first-order chi connectivity index (χ1) is 10.7. The molecule has 1 aromatic carbocycles. The number of alkyl halides is 3. The van der Waals surface area contributed by atoms with E-state index in [1.54, 1.807) is 0 Å². The van der Waals surface area contributed by atoms with Crippen LogP contribution in [0.1, 0.15) is 17.3 Å². The van der Waals surface area contributed by atoms with Crippen LogP contribution < -0.4 is 10.1 Å². The summed E-state index contributed by atoms with van der Waals surface area (Å²) < 4.78 is 41.0. The number of carbonyl (C=O) groups excluding carboxylic acids is 1. The van der Waals surface area contributed by atoms with Crippen molar-refractivity contribution >= 4 is 29.3 Å². The summed E-state index contributed by atoms with van der Waals surface area (Å²) in [5.41, 5.74) is -0.0518. The normalized spacial score (nSPS) is 15.7. The van der Waals surface area contributed by atoms with Crippen molar-refractivity contribution in [2.24, 2.45) is 20.7 Å². The second-order valence-electron chi connectivity index (χ2n) is 4.36. The smallest absolute Gasteiger partial charge is 0.405 e. The Morgan fingerprint density at radius 1 is 1.35 bits per heavy atom. The maximum Gasteiger partial charge on any atom is 0.573 e. The molecule has 1 N–H and O–H groups in total. The zero-order chi connectivity index (χ0) is 17.3. The highest BCUT2D eigenvalue weighted by Crippen LogP contribution is 2.39. The van der Waals surface area contributed by atoms with Crippen LogP contribution in [0.3, 0.4) is 0 Å². The summed E-state index contributed by atoms with van der Waals surface area (Å²) in [5, 5.41) is 16.0. The van der Waals surface area contributed by atoms with Gasteiger partial charge in [0.1, 0.15) is 5.75 Å². The molecule has 0 aromatic heterocycles. The Labute approximate surface area is 137 Å². The van der Waals surface area contributed by atoms with Gasteiger partial charge in [-0.25, -0.2) is 0 Å². The molecule has 0 fully saturated rings. The molecule has 0 unspecified atom stereocenters. The fourth-order valence-electron chi connectivity index (χ4n) is 1.68. The number of thioether (sulfide) groups is 1. The lowest BCUT2D eigenvalue weighted by Crippen LogP contribution is -2.41. The van der Waals surface area contributed by atoms with Crippen molar-refractivity contribution in [3.8, 4) is 5.75 Å². The van der Waals surface area contributed by atoms with Gasteiger partial charge in [-0.1, -0.05) is 11.6 Å². The molecular formula is C11H9ClF3N5O2S. The van der Waals surface area contributed by atoms with Gasteiger partial charge in [-0.05, 0) is 28.8 Å². The van der Waals surface area contributed by atoms with Crippen molar-refractivity contribution in [3.63, 3.8) is 0 Å². The van der Waals surface area contributed by atoms with E-state index < -0.39 is 23.8 Å². The first-order valence-corrected chi connectivity index (χ1v) is 7.54. The number of nitrogens with one attached hydrogen (secondary N) is 1. The van der Waals surface area contributed by atoms with Crippen LogP contribution in [0.4, 0.5) is 13.2 Å². The standard InChI is InChI=1S/C11H9ClF3N5O2S/c1-10(17-19-20-18-10)16-9(21)5-3-4-6(22-11(13,14)15)8(23-2)7(5)12/h3-4H,1-2H3,(H,16,21). The third kappa shape index (κ3) is 4.10. The number of halogens is 4. The molecule has 0 spiro atoms. The summed E-state index contributed by atoms with van der Waals surface area (Å²) in [6, 6.07) is 2.13.